The van der Waals surface area contributed by atoms with E-state index in [1.165, 1.54) is 5.56 Å². The van der Waals surface area contributed by atoms with E-state index >= 15 is 0 Å². The fourth-order valence-electron chi connectivity index (χ4n) is 2.59. The van der Waals surface area contributed by atoms with Gasteiger partial charge in [0.2, 0.25) is 5.91 Å². The van der Waals surface area contributed by atoms with Crippen molar-refractivity contribution in [1.29, 1.82) is 0 Å². The molecule has 0 unspecified atom stereocenters. The van der Waals surface area contributed by atoms with Crippen LogP contribution >= 0.6 is 0 Å². The van der Waals surface area contributed by atoms with Gasteiger partial charge in [0.1, 0.15) is 0 Å². The Bertz CT molecular complexity index is 428. The average Bonchev–Trinajstić information content (AvgIpc) is 2.98. The third-order valence-corrected chi connectivity index (χ3v) is 3.81. The van der Waals surface area contributed by atoms with E-state index < -0.39 is 0 Å². The van der Waals surface area contributed by atoms with Gasteiger partial charge in [-0.3, -0.25) is 4.79 Å². The Labute approximate surface area is 127 Å². The Balaban J connectivity index is 1.81. The topological polar surface area (TPSA) is 41.6 Å². The number of benzene rings is 1. The van der Waals surface area contributed by atoms with Crippen LogP contribution in [0.2, 0.25) is 0 Å². The second-order valence-electron chi connectivity index (χ2n) is 5.87. The van der Waals surface area contributed by atoms with Gasteiger partial charge in [-0.2, -0.15) is 0 Å². The van der Waals surface area contributed by atoms with Crippen molar-refractivity contribution >= 4 is 5.91 Å². The van der Waals surface area contributed by atoms with E-state index in [0.29, 0.717) is 13.1 Å². The summed E-state index contributed by atoms with van der Waals surface area (Å²) in [6.45, 7) is 6.78. The number of ether oxygens (including phenoxy) is 1. The lowest BCUT2D eigenvalue weighted by Crippen LogP contribution is -2.43. The first-order valence-electron chi connectivity index (χ1n) is 7.82. The van der Waals surface area contributed by atoms with Crippen LogP contribution in [-0.4, -0.2) is 42.6 Å². The quantitative estimate of drug-likeness (QED) is 0.837. The molecule has 116 valence electrons. The molecule has 21 heavy (non-hydrogen) atoms. The minimum atomic E-state index is 0.145. The lowest BCUT2D eigenvalue weighted by Gasteiger charge is -2.27. The average molecular weight is 290 g/mol. The highest BCUT2D eigenvalue weighted by Crippen LogP contribution is 2.11. The van der Waals surface area contributed by atoms with E-state index in [2.05, 4.69) is 31.3 Å². The van der Waals surface area contributed by atoms with Crippen LogP contribution in [0.3, 0.4) is 0 Å². The molecule has 1 aromatic rings. The van der Waals surface area contributed by atoms with E-state index in [1.54, 1.807) is 0 Å². The summed E-state index contributed by atoms with van der Waals surface area (Å²) in [7, 11) is 0. The monoisotopic (exact) mass is 290 g/mol. The summed E-state index contributed by atoms with van der Waals surface area (Å²) in [5.41, 5.74) is 1.17. The van der Waals surface area contributed by atoms with Crippen molar-refractivity contribution in [2.24, 2.45) is 0 Å². The number of hydrogen-bond donors (Lipinski definition) is 1. The van der Waals surface area contributed by atoms with Gasteiger partial charge in [-0.25, -0.2) is 0 Å². The third-order valence-electron chi connectivity index (χ3n) is 3.81. The SMILES string of the molecule is CC(C)N(Cc1ccccc1)C(=O)CNC[C@@H]1CCCO1. The van der Waals surface area contributed by atoms with Crippen LogP contribution < -0.4 is 5.32 Å². The van der Waals surface area contributed by atoms with Crippen molar-refractivity contribution in [2.75, 3.05) is 19.7 Å². The molecular formula is C17H26N2O2. The van der Waals surface area contributed by atoms with Gasteiger partial charge in [0, 0.05) is 25.7 Å². The van der Waals surface area contributed by atoms with Gasteiger partial charge in [0.05, 0.1) is 12.6 Å². The molecule has 2 rings (SSSR count). The van der Waals surface area contributed by atoms with Crippen molar-refractivity contribution in [3.05, 3.63) is 35.9 Å². The van der Waals surface area contributed by atoms with E-state index in [9.17, 15) is 4.79 Å². The molecule has 1 aromatic carbocycles. The summed E-state index contributed by atoms with van der Waals surface area (Å²) in [5, 5.41) is 3.23. The lowest BCUT2D eigenvalue weighted by atomic mass is 10.2. The summed E-state index contributed by atoms with van der Waals surface area (Å²) in [4.78, 5) is 14.3. The van der Waals surface area contributed by atoms with Crippen LogP contribution in [0.5, 0.6) is 0 Å². The summed E-state index contributed by atoms with van der Waals surface area (Å²) < 4.78 is 5.55. The largest absolute Gasteiger partial charge is 0.377 e. The molecule has 1 aliphatic rings. The van der Waals surface area contributed by atoms with Gasteiger partial charge in [-0.15, -0.1) is 0 Å². The normalized spacial score (nSPS) is 18.1. The molecule has 0 saturated carbocycles. The first-order valence-corrected chi connectivity index (χ1v) is 7.82. The second-order valence-corrected chi connectivity index (χ2v) is 5.87. The van der Waals surface area contributed by atoms with Crippen LogP contribution in [-0.2, 0) is 16.1 Å². The first-order chi connectivity index (χ1) is 10.2. The minimum Gasteiger partial charge on any atom is -0.377 e. The van der Waals surface area contributed by atoms with Crippen molar-refractivity contribution in [2.45, 2.75) is 45.4 Å². The standard InChI is InChI=1S/C17H26N2O2/c1-14(2)19(13-15-7-4-3-5-8-15)17(20)12-18-11-16-9-6-10-21-16/h3-5,7-8,14,16,18H,6,9-13H2,1-2H3/t16-/m0/s1. The van der Waals surface area contributed by atoms with Gasteiger partial charge in [0.25, 0.3) is 0 Å². The molecule has 1 heterocycles. The summed E-state index contributed by atoms with van der Waals surface area (Å²) in [5.74, 6) is 0.145. The molecule has 0 aliphatic carbocycles. The van der Waals surface area contributed by atoms with Crippen LogP contribution in [0.25, 0.3) is 0 Å². The van der Waals surface area contributed by atoms with Crippen molar-refractivity contribution in [1.82, 2.24) is 10.2 Å². The van der Waals surface area contributed by atoms with Crippen LogP contribution in [0.15, 0.2) is 30.3 Å². The van der Waals surface area contributed by atoms with E-state index in [4.69, 9.17) is 4.74 Å². The molecule has 1 aliphatic heterocycles. The highest BCUT2D eigenvalue weighted by molar-refractivity contribution is 5.78. The minimum absolute atomic E-state index is 0.145. The Morgan fingerprint density at radius 3 is 2.76 bits per heavy atom. The Morgan fingerprint density at radius 1 is 1.38 bits per heavy atom. The lowest BCUT2D eigenvalue weighted by molar-refractivity contribution is -0.132. The molecule has 0 aromatic heterocycles. The molecule has 1 fully saturated rings. The summed E-state index contributed by atoms with van der Waals surface area (Å²) in [6, 6.07) is 10.3. The van der Waals surface area contributed by atoms with E-state index in [1.807, 2.05) is 23.1 Å². The number of hydrogen-bond acceptors (Lipinski definition) is 3. The zero-order valence-electron chi connectivity index (χ0n) is 13.0. The number of carbonyl (C=O) groups excluding carboxylic acids is 1. The fourth-order valence-corrected chi connectivity index (χ4v) is 2.59. The first kappa shape index (κ1) is 16.0. The highest BCUT2D eigenvalue weighted by atomic mass is 16.5. The van der Waals surface area contributed by atoms with Gasteiger partial charge >= 0.3 is 0 Å². The summed E-state index contributed by atoms with van der Waals surface area (Å²) in [6.07, 6.45) is 2.50. The summed E-state index contributed by atoms with van der Waals surface area (Å²) >= 11 is 0. The molecule has 1 saturated heterocycles. The zero-order chi connectivity index (χ0) is 15.1. The molecule has 0 bridgehead atoms. The molecule has 1 N–H and O–H groups in total. The number of nitrogens with one attached hydrogen (secondary N) is 1. The number of nitrogens with zero attached hydrogens (tertiary/aromatic N) is 1. The van der Waals surface area contributed by atoms with Crippen molar-refractivity contribution in [3.8, 4) is 0 Å². The van der Waals surface area contributed by atoms with Gasteiger partial charge < -0.3 is 15.0 Å². The van der Waals surface area contributed by atoms with Gasteiger partial charge in [0.15, 0.2) is 0 Å². The maximum atomic E-state index is 12.4. The molecule has 1 atom stereocenters. The third kappa shape index (κ3) is 5.14. The zero-order valence-corrected chi connectivity index (χ0v) is 13.0. The van der Waals surface area contributed by atoms with Crippen molar-refractivity contribution in [3.63, 3.8) is 0 Å². The maximum Gasteiger partial charge on any atom is 0.237 e. The Hall–Kier alpha value is -1.39. The van der Waals surface area contributed by atoms with Crippen molar-refractivity contribution < 1.29 is 9.53 Å². The predicted molar refractivity (Wildman–Crippen MR) is 84.0 cm³/mol. The van der Waals surface area contributed by atoms with Crippen LogP contribution in [0, 0.1) is 0 Å². The molecule has 4 heteroatoms. The molecule has 1 amide bonds. The molecule has 0 radical (unpaired) electrons. The van der Waals surface area contributed by atoms with E-state index in [-0.39, 0.29) is 18.1 Å². The predicted octanol–water partition coefficient (Wildman–Crippen LogP) is 2.19. The van der Waals surface area contributed by atoms with Gasteiger partial charge in [-0.05, 0) is 32.3 Å². The highest BCUT2D eigenvalue weighted by Gasteiger charge is 2.19. The Morgan fingerprint density at radius 2 is 2.14 bits per heavy atom. The molecule has 0 spiro atoms. The van der Waals surface area contributed by atoms with Gasteiger partial charge in [-0.1, -0.05) is 30.3 Å². The second kappa shape index (κ2) is 8.15. The fraction of sp³-hybridized carbons (Fsp3) is 0.588. The van der Waals surface area contributed by atoms with Crippen LogP contribution in [0.4, 0.5) is 0 Å². The number of rotatable bonds is 7. The smallest absolute Gasteiger partial charge is 0.237 e. The molecule has 4 nitrogen and oxygen atoms in total. The Kier molecular flexibility index (Phi) is 6.21. The number of carbonyl (C=O) groups is 1. The number of amides is 1. The van der Waals surface area contributed by atoms with Crippen LogP contribution in [0.1, 0.15) is 32.3 Å². The maximum absolute atomic E-state index is 12.4. The molecular weight excluding hydrogens is 264 g/mol. The van der Waals surface area contributed by atoms with E-state index in [0.717, 1.165) is 26.0 Å².